The zero-order valence-corrected chi connectivity index (χ0v) is 23.0. The Morgan fingerprint density at radius 1 is 1.10 bits per heavy atom. The molecule has 41 heavy (non-hydrogen) atoms. The molecule has 3 N–H and O–H groups in total. The van der Waals surface area contributed by atoms with Gasteiger partial charge >= 0.3 is 11.8 Å². The van der Waals surface area contributed by atoms with E-state index < -0.39 is 11.7 Å². The molecule has 5 aromatic rings. The number of carbonyl (C=O) groups excluding carboxylic acids is 2. The fraction of sp³-hybridized carbons (Fsp3) is 0.200. The summed E-state index contributed by atoms with van der Waals surface area (Å²) in [6.07, 6.45) is 2.79. The summed E-state index contributed by atoms with van der Waals surface area (Å²) in [5, 5.41) is 9.27. The first-order chi connectivity index (χ1) is 19.5. The minimum atomic E-state index is -0.586. The highest BCUT2D eigenvalue weighted by Crippen LogP contribution is 2.32. The molecule has 0 aliphatic carbocycles. The predicted octanol–water partition coefficient (Wildman–Crippen LogP) is 5.47. The summed E-state index contributed by atoms with van der Waals surface area (Å²) in [6.45, 7) is 11.1. The van der Waals surface area contributed by atoms with Gasteiger partial charge in [0.25, 0.3) is 0 Å². The molecular weight excluding hydrogens is 525 g/mol. The Kier molecular flexibility index (Phi) is 7.19. The minimum Gasteiger partial charge on any atom is -0.344 e. The maximum Gasteiger partial charge on any atom is 0.315 e. The molecule has 3 heterocycles. The smallest absolute Gasteiger partial charge is 0.315 e. The van der Waals surface area contributed by atoms with Crippen LogP contribution in [0.3, 0.4) is 0 Å². The van der Waals surface area contributed by atoms with Gasteiger partial charge in [0.15, 0.2) is 11.5 Å². The number of aromatic amines is 1. The quantitative estimate of drug-likeness (QED) is 0.227. The highest BCUT2D eigenvalue weighted by molar-refractivity contribution is 6.02. The maximum atomic E-state index is 15.2. The van der Waals surface area contributed by atoms with Gasteiger partial charge < -0.3 is 20.1 Å². The number of carbonyl (C=O) groups is 2. The number of nitrogens with zero attached hydrogens (tertiary/aromatic N) is 4. The van der Waals surface area contributed by atoms with Crippen LogP contribution in [0.5, 0.6) is 0 Å². The monoisotopic (exact) mass is 553 g/mol. The number of amides is 2. The number of halogens is 1. The molecule has 10 nitrogen and oxygen atoms in total. The minimum absolute atomic E-state index is 0.0647. The van der Waals surface area contributed by atoms with Gasteiger partial charge in [0.1, 0.15) is 11.6 Å². The van der Waals surface area contributed by atoms with Crippen molar-refractivity contribution < 1.29 is 18.5 Å². The van der Waals surface area contributed by atoms with Crippen molar-refractivity contribution in [2.24, 2.45) is 0 Å². The van der Waals surface area contributed by atoms with E-state index in [1.807, 2.05) is 45.9 Å². The Morgan fingerprint density at radius 2 is 1.90 bits per heavy atom. The number of benzene rings is 2. The van der Waals surface area contributed by atoms with E-state index in [0.29, 0.717) is 45.2 Å². The molecule has 0 saturated carbocycles. The molecule has 3 aromatic heterocycles. The van der Waals surface area contributed by atoms with Crippen molar-refractivity contribution in [1.82, 2.24) is 30.4 Å². The Hall–Kier alpha value is -5.19. The highest BCUT2D eigenvalue weighted by Gasteiger charge is 2.24. The lowest BCUT2D eigenvalue weighted by Gasteiger charge is -2.10. The predicted molar refractivity (Wildman–Crippen MR) is 152 cm³/mol. The number of rotatable bonds is 7. The summed E-state index contributed by atoms with van der Waals surface area (Å²) < 4.78 is 20.2. The standard InChI is InChI=1S/C30H28FN7O3/c1-6-23(39)34-22-13-16(2)7-10-20(22)25-35-24-19(11-12-32-26(24)36-25)17-8-9-18(21(31)14-17)15-33-27(40)28-37-29(38-41-28)30(3,4)5/h6-14H,1,15H2,2-5H3,(H,33,40)(H,34,39)(H,32,35,36). The van der Waals surface area contributed by atoms with Crippen LogP contribution in [0.2, 0.25) is 0 Å². The maximum absolute atomic E-state index is 15.2. The number of aromatic nitrogens is 5. The number of imidazole rings is 1. The van der Waals surface area contributed by atoms with Crippen molar-refractivity contribution in [1.29, 1.82) is 0 Å². The fourth-order valence-corrected chi connectivity index (χ4v) is 4.16. The SMILES string of the molecule is C=CC(=O)Nc1cc(C)ccc1-c1nc2nccc(-c3ccc(CNC(=O)c4nc(C(C)(C)C)no4)c(F)c3)c2[nH]1. The first-order valence-corrected chi connectivity index (χ1v) is 12.8. The van der Waals surface area contributed by atoms with E-state index in [9.17, 15) is 9.59 Å². The van der Waals surface area contributed by atoms with Crippen molar-refractivity contribution in [2.45, 2.75) is 39.7 Å². The topological polar surface area (TPSA) is 139 Å². The van der Waals surface area contributed by atoms with Crippen LogP contribution < -0.4 is 10.6 Å². The van der Waals surface area contributed by atoms with Crippen LogP contribution in [-0.2, 0) is 16.8 Å². The second kappa shape index (κ2) is 10.8. The number of fused-ring (bicyclic) bond motifs is 1. The van der Waals surface area contributed by atoms with Crippen LogP contribution in [0.4, 0.5) is 10.1 Å². The Balaban J connectivity index is 1.40. The van der Waals surface area contributed by atoms with Gasteiger partial charge in [-0.2, -0.15) is 4.98 Å². The van der Waals surface area contributed by atoms with Gasteiger partial charge in [-0.25, -0.2) is 14.4 Å². The van der Waals surface area contributed by atoms with Gasteiger partial charge in [0, 0.05) is 34.8 Å². The molecule has 0 aliphatic heterocycles. The molecule has 2 amide bonds. The van der Waals surface area contributed by atoms with Crippen molar-refractivity contribution in [3.8, 4) is 22.5 Å². The molecule has 5 rings (SSSR count). The molecule has 0 fully saturated rings. The molecule has 0 aliphatic rings. The lowest BCUT2D eigenvalue weighted by Crippen LogP contribution is -2.24. The van der Waals surface area contributed by atoms with E-state index in [2.05, 4.69) is 42.3 Å². The normalized spacial score (nSPS) is 11.4. The van der Waals surface area contributed by atoms with E-state index in [0.717, 1.165) is 5.56 Å². The van der Waals surface area contributed by atoms with Gasteiger partial charge in [-0.1, -0.05) is 50.7 Å². The number of aryl methyl sites for hydroxylation is 1. The van der Waals surface area contributed by atoms with Gasteiger partial charge in [-0.05, 0) is 48.4 Å². The van der Waals surface area contributed by atoms with Crippen molar-refractivity contribution in [3.63, 3.8) is 0 Å². The van der Waals surface area contributed by atoms with Gasteiger partial charge in [-0.3, -0.25) is 9.59 Å². The lowest BCUT2D eigenvalue weighted by molar-refractivity contribution is -0.111. The van der Waals surface area contributed by atoms with Crippen LogP contribution in [0.15, 0.2) is 65.8 Å². The average molecular weight is 554 g/mol. The zero-order valence-electron chi connectivity index (χ0n) is 23.0. The summed E-state index contributed by atoms with van der Waals surface area (Å²) in [4.78, 5) is 40.9. The summed E-state index contributed by atoms with van der Waals surface area (Å²) in [6, 6.07) is 12.1. The van der Waals surface area contributed by atoms with E-state index >= 15 is 4.39 Å². The molecule has 0 unspecified atom stereocenters. The van der Waals surface area contributed by atoms with Crippen molar-refractivity contribution >= 4 is 28.7 Å². The fourth-order valence-electron chi connectivity index (χ4n) is 4.16. The second-order valence-electron chi connectivity index (χ2n) is 10.5. The number of hydrogen-bond donors (Lipinski definition) is 3. The first-order valence-electron chi connectivity index (χ1n) is 12.8. The summed E-state index contributed by atoms with van der Waals surface area (Å²) in [5.74, 6) is -0.704. The number of pyridine rings is 1. The summed E-state index contributed by atoms with van der Waals surface area (Å²) >= 11 is 0. The van der Waals surface area contributed by atoms with Crippen molar-refractivity contribution in [3.05, 3.63) is 90.0 Å². The van der Waals surface area contributed by atoms with Gasteiger partial charge in [0.2, 0.25) is 5.91 Å². The van der Waals surface area contributed by atoms with Crippen LogP contribution >= 0.6 is 0 Å². The van der Waals surface area contributed by atoms with E-state index in [4.69, 9.17) is 4.52 Å². The molecule has 0 atom stereocenters. The van der Waals surface area contributed by atoms with Crippen LogP contribution in [0.1, 0.15) is 48.4 Å². The number of nitrogens with one attached hydrogen (secondary N) is 3. The largest absolute Gasteiger partial charge is 0.344 e. The Labute approximate surface area is 235 Å². The Morgan fingerprint density at radius 3 is 2.61 bits per heavy atom. The van der Waals surface area contributed by atoms with Gasteiger partial charge in [0.05, 0.1) is 11.2 Å². The average Bonchev–Trinajstić information content (AvgIpc) is 3.60. The lowest BCUT2D eigenvalue weighted by atomic mass is 9.96. The van der Waals surface area contributed by atoms with Gasteiger partial charge in [-0.15, -0.1) is 0 Å². The van der Waals surface area contributed by atoms with E-state index in [1.165, 1.54) is 12.1 Å². The highest BCUT2D eigenvalue weighted by atomic mass is 19.1. The molecule has 0 saturated heterocycles. The number of H-pyrrole nitrogens is 1. The number of hydrogen-bond acceptors (Lipinski definition) is 7. The molecule has 0 spiro atoms. The third-order valence-corrected chi connectivity index (χ3v) is 6.36. The number of anilines is 1. The zero-order chi connectivity index (χ0) is 29.3. The second-order valence-corrected chi connectivity index (χ2v) is 10.5. The third kappa shape index (κ3) is 5.74. The first kappa shape index (κ1) is 27.4. The third-order valence-electron chi connectivity index (χ3n) is 6.36. The van der Waals surface area contributed by atoms with Crippen LogP contribution in [-0.4, -0.2) is 36.9 Å². The Bertz CT molecular complexity index is 1800. The molecular formula is C30H28FN7O3. The molecule has 11 heteroatoms. The molecule has 2 aromatic carbocycles. The van der Waals surface area contributed by atoms with E-state index in [1.54, 1.807) is 24.4 Å². The molecule has 0 bridgehead atoms. The molecule has 0 radical (unpaired) electrons. The van der Waals surface area contributed by atoms with Crippen LogP contribution in [0, 0.1) is 12.7 Å². The summed E-state index contributed by atoms with van der Waals surface area (Å²) in [7, 11) is 0. The molecule has 208 valence electrons. The van der Waals surface area contributed by atoms with Crippen LogP contribution in [0.25, 0.3) is 33.7 Å². The van der Waals surface area contributed by atoms with Crippen molar-refractivity contribution in [2.75, 3.05) is 5.32 Å². The van der Waals surface area contributed by atoms with E-state index in [-0.39, 0.29) is 29.3 Å². The summed E-state index contributed by atoms with van der Waals surface area (Å²) in [5.41, 5.74) is 4.44.